The van der Waals surface area contributed by atoms with Crippen LogP contribution in [0.4, 0.5) is 0 Å². The lowest BCUT2D eigenvalue weighted by Gasteiger charge is -2.11. The Kier molecular flexibility index (Phi) is 5.44. The molecule has 0 fully saturated rings. The Hall–Kier alpha value is -1.46. The minimum absolute atomic E-state index is 0.257. The largest absolute Gasteiger partial charge is 0.480 e. The minimum atomic E-state index is -4.26. The van der Waals surface area contributed by atoms with Gasteiger partial charge in [0.1, 0.15) is 6.04 Å². The zero-order valence-electron chi connectivity index (χ0n) is 10.1. The van der Waals surface area contributed by atoms with Crippen molar-refractivity contribution in [1.29, 1.82) is 0 Å². The van der Waals surface area contributed by atoms with E-state index in [0.717, 1.165) is 5.56 Å². The Morgan fingerprint density at radius 2 is 1.89 bits per heavy atom. The Bertz CT molecular complexity index is 508. The van der Waals surface area contributed by atoms with E-state index in [9.17, 15) is 9.36 Å². The van der Waals surface area contributed by atoms with E-state index in [1.165, 1.54) is 6.08 Å². The maximum Gasteiger partial charge on any atom is 0.329 e. The molecule has 1 aromatic rings. The van der Waals surface area contributed by atoms with Crippen molar-refractivity contribution in [2.24, 2.45) is 5.73 Å². The standard InChI is InChI=1S/C12H16NO5P/c13-11(12(14)15)7-10(8-19(16,17)18)6-9-4-2-1-3-5-9/h1-5,7,11H,6,8,13H2,(H,14,15)(H2,16,17,18). The van der Waals surface area contributed by atoms with E-state index in [1.807, 2.05) is 6.07 Å². The summed E-state index contributed by atoms with van der Waals surface area (Å²) in [5.74, 6) is -1.24. The van der Waals surface area contributed by atoms with Crippen LogP contribution in [0.5, 0.6) is 0 Å². The van der Waals surface area contributed by atoms with E-state index in [-0.39, 0.29) is 6.42 Å². The number of hydrogen-bond donors (Lipinski definition) is 4. The van der Waals surface area contributed by atoms with Crippen molar-refractivity contribution in [1.82, 2.24) is 0 Å². The first kappa shape index (κ1) is 15.6. The zero-order valence-corrected chi connectivity index (χ0v) is 11.0. The molecule has 104 valence electrons. The minimum Gasteiger partial charge on any atom is -0.480 e. The number of benzene rings is 1. The fraction of sp³-hybridized carbons (Fsp3) is 0.250. The number of allylic oxidation sites excluding steroid dienone is 1. The zero-order chi connectivity index (χ0) is 14.5. The summed E-state index contributed by atoms with van der Waals surface area (Å²) < 4.78 is 11.0. The summed E-state index contributed by atoms with van der Waals surface area (Å²) in [5, 5.41) is 8.73. The second-order valence-electron chi connectivity index (χ2n) is 4.17. The first-order valence-corrected chi connectivity index (χ1v) is 7.34. The van der Waals surface area contributed by atoms with Crippen LogP contribution in [-0.4, -0.2) is 33.1 Å². The molecule has 0 saturated carbocycles. The van der Waals surface area contributed by atoms with Gasteiger partial charge < -0.3 is 20.6 Å². The Morgan fingerprint density at radius 1 is 1.32 bits per heavy atom. The SMILES string of the molecule is NC(C=C(Cc1ccccc1)CP(=O)(O)O)C(=O)O. The average Bonchev–Trinajstić information content (AvgIpc) is 2.27. The quantitative estimate of drug-likeness (QED) is 0.452. The Labute approximate surface area is 110 Å². The van der Waals surface area contributed by atoms with Crippen LogP contribution < -0.4 is 5.73 Å². The highest BCUT2D eigenvalue weighted by Crippen LogP contribution is 2.37. The molecule has 0 aliphatic carbocycles. The van der Waals surface area contributed by atoms with Gasteiger partial charge in [-0.15, -0.1) is 0 Å². The summed E-state index contributed by atoms with van der Waals surface area (Å²) >= 11 is 0. The van der Waals surface area contributed by atoms with E-state index in [2.05, 4.69) is 0 Å². The molecule has 0 amide bonds. The molecular formula is C12H16NO5P. The first-order valence-electron chi connectivity index (χ1n) is 5.54. The summed E-state index contributed by atoms with van der Waals surface area (Å²) in [6, 6.07) is 7.71. The van der Waals surface area contributed by atoms with Crippen molar-refractivity contribution in [2.45, 2.75) is 12.5 Å². The molecule has 1 unspecified atom stereocenters. The summed E-state index contributed by atoms with van der Waals surface area (Å²) in [4.78, 5) is 28.7. The number of nitrogens with two attached hydrogens (primary N) is 1. The molecule has 0 radical (unpaired) electrons. The van der Waals surface area contributed by atoms with Crippen LogP contribution in [-0.2, 0) is 15.8 Å². The number of carboxylic acids is 1. The third kappa shape index (κ3) is 6.31. The summed E-state index contributed by atoms with van der Waals surface area (Å²) in [6.07, 6.45) is 0.949. The van der Waals surface area contributed by atoms with Crippen LogP contribution in [0, 0.1) is 0 Å². The number of carbonyl (C=O) groups is 1. The van der Waals surface area contributed by atoms with Crippen molar-refractivity contribution in [3.8, 4) is 0 Å². The van der Waals surface area contributed by atoms with E-state index in [4.69, 9.17) is 20.6 Å². The van der Waals surface area contributed by atoms with Crippen molar-refractivity contribution in [3.05, 3.63) is 47.5 Å². The molecule has 7 heteroatoms. The van der Waals surface area contributed by atoms with Gasteiger partial charge in [-0.2, -0.15) is 0 Å². The van der Waals surface area contributed by atoms with Crippen LogP contribution in [0.1, 0.15) is 5.56 Å². The lowest BCUT2D eigenvalue weighted by Crippen LogP contribution is -2.28. The van der Waals surface area contributed by atoms with E-state index in [1.54, 1.807) is 24.3 Å². The molecule has 0 spiro atoms. The maximum atomic E-state index is 11.0. The molecule has 1 rings (SSSR count). The lowest BCUT2D eigenvalue weighted by atomic mass is 10.0. The maximum absolute atomic E-state index is 11.0. The van der Waals surface area contributed by atoms with E-state index < -0.39 is 25.8 Å². The molecule has 0 saturated heterocycles. The topological polar surface area (TPSA) is 121 Å². The number of aliphatic carboxylic acids is 1. The van der Waals surface area contributed by atoms with E-state index >= 15 is 0 Å². The van der Waals surface area contributed by atoms with Gasteiger partial charge in [0.2, 0.25) is 0 Å². The highest BCUT2D eigenvalue weighted by Gasteiger charge is 2.18. The van der Waals surface area contributed by atoms with Gasteiger partial charge in [0.05, 0.1) is 6.16 Å². The highest BCUT2D eigenvalue weighted by atomic mass is 31.2. The van der Waals surface area contributed by atoms with E-state index in [0.29, 0.717) is 5.57 Å². The van der Waals surface area contributed by atoms with Gasteiger partial charge in [0.25, 0.3) is 0 Å². The summed E-state index contributed by atoms with van der Waals surface area (Å²) in [6.45, 7) is 0. The molecule has 0 bridgehead atoms. The van der Waals surface area contributed by atoms with Gasteiger partial charge in [-0.25, -0.2) is 0 Å². The number of carboxylic acid groups (broad SMARTS) is 1. The van der Waals surface area contributed by atoms with Gasteiger partial charge in [-0.05, 0) is 12.0 Å². The number of hydrogen-bond acceptors (Lipinski definition) is 3. The van der Waals surface area contributed by atoms with Crippen molar-refractivity contribution in [3.63, 3.8) is 0 Å². The molecule has 1 atom stereocenters. The average molecular weight is 285 g/mol. The normalized spacial score (nSPS) is 14.2. The van der Waals surface area contributed by atoms with Gasteiger partial charge >= 0.3 is 13.6 Å². The fourth-order valence-corrected chi connectivity index (χ4v) is 2.36. The van der Waals surface area contributed by atoms with Gasteiger partial charge in [0, 0.05) is 0 Å². The summed E-state index contributed by atoms with van der Waals surface area (Å²) in [7, 11) is -4.26. The van der Waals surface area contributed by atoms with Crippen molar-refractivity contribution >= 4 is 13.6 Å². The second-order valence-corrected chi connectivity index (χ2v) is 5.82. The van der Waals surface area contributed by atoms with Crippen LogP contribution in [0.25, 0.3) is 0 Å². The predicted octanol–water partition coefficient (Wildman–Crippen LogP) is 0.745. The predicted molar refractivity (Wildman–Crippen MR) is 70.8 cm³/mol. The van der Waals surface area contributed by atoms with Crippen LogP contribution in [0.3, 0.4) is 0 Å². The molecule has 0 aliphatic rings. The molecule has 5 N–H and O–H groups in total. The molecule has 0 aliphatic heterocycles. The molecule has 19 heavy (non-hydrogen) atoms. The van der Waals surface area contributed by atoms with Crippen LogP contribution in [0.15, 0.2) is 42.0 Å². The number of rotatable bonds is 6. The lowest BCUT2D eigenvalue weighted by molar-refractivity contribution is -0.137. The first-order chi connectivity index (χ1) is 8.78. The molecule has 0 heterocycles. The van der Waals surface area contributed by atoms with Crippen molar-refractivity contribution in [2.75, 3.05) is 6.16 Å². The Balaban J connectivity index is 2.93. The highest BCUT2D eigenvalue weighted by molar-refractivity contribution is 7.52. The fourth-order valence-electron chi connectivity index (χ4n) is 1.62. The van der Waals surface area contributed by atoms with Crippen LogP contribution >= 0.6 is 7.60 Å². The molecular weight excluding hydrogens is 269 g/mol. The summed E-state index contributed by atoms with van der Waals surface area (Å²) in [5.41, 5.74) is 6.51. The molecule has 6 nitrogen and oxygen atoms in total. The third-order valence-electron chi connectivity index (χ3n) is 2.38. The second kappa shape index (κ2) is 6.63. The van der Waals surface area contributed by atoms with Crippen molar-refractivity contribution < 1.29 is 24.3 Å². The monoisotopic (exact) mass is 285 g/mol. The third-order valence-corrected chi connectivity index (χ3v) is 3.20. The molecule has 1 aromatic carbocycles. The van der Waals surface area contributed by atoms with Gasteiger partial charge in [-0.3, -0.25) is 9.36 Å². The Morgan fingerprint density at radius 3 is 2.37 bits per heavy atom. The van der Waals surface area contributed by atoms with Gasteiger partial charge in [-0.1, -0.05) is 42.0 Å². The van der Waals surface area contributed by atoms with Gasteiger partial charge in [0.15, 0.2) is 0 Å². The smallest absolute Gasteiger partial charge is 0.329 e. The molecule has 0 aromatic heterocycles. The van der Waals surface area contributed by atoms with Crippen LogP contribution in [0.2, 0.25) is 0 Å².